The number of benzene rings is 1. The molecule has 9 heteroatoms. The second-order valence-corrected chi connectivity index (χ2v) is 7.40. The van der Waals surface area contributed by atoms with E-state index < -0.39 is 0 Å². The summed E-state index contributed by atoms with van der Waals surface area (Å²) in [6, 6.07) is 12.9. The van der Waals surface area contributed by atoms with Crippen LogP contribution in [0.2, 0.25) is 0 Å². The summed E-state index contributed by atoms with van der Waals surface area (Å²) in [5, 5.41) is 6.79. The molecule has 0 aliphatic carbocycles. The number of nitrogens with one attached hydrogen (secondary N) is 1. The third-order valence-electron chi connectivity index (χ3n) is 5.42. The average molecular weight is 423 g/mol. The van der Waals surface area contributed by atoms with E-state index in [2.05, 4.69) is 20.4 Å². The number of carbonyl (C=O) groups excluding carboxylic acids is 2. The van der Waals surface area contributed by atoms with Gasteiger partial charge in [0.05, 0.1) is 12.3 Å². The minimum absolute atomic E-state index is 0.0243. The fraction of sp³-hybridized carbons (Fsp3) is 0.364. The van der Waals surface area contributed by atoms with Crippen LogP contribution in [0.4, 0.5) is 0 Å². The molecule has 0 spiro atoms. The highest BCUT2D eigenvalue weighted by atomic mass is 16.5. The Morgan fingerprint density at radius 1 is 1.10 bits per heavy atom. The first-order valence-electron chi connectivity index (χ1n) is 10.3. The second-order valence-electron chi connectivity index (χ2n) is 7.40. The Labute approximate surface area is 180 Å². The lowest BCUT2D eigenvalue weighted by Gasteiger charge is -2.36. The molecule has 1 aliphatic heterocycles. The molecule has 0 bridgehead atoms. The molecule has 4 rings (SSSR count). The molecule has 1 fully saturated rings. The standard InChI is InChI=1S/C22H25N5O4/c1-16(22-24-20(25-31-22)17-6-3-2-4-7-17)26-11-13-27(14-12-26)19(28)9-10-23-21(29)18-8-5-15-30-18/h2-8,15-16H,9-14H2,1H3,(H,23,29). The Morgan fingerprint density at radius 2 is 1.87 bits per heavy atom. The number of piperazine rings is 1. The van der Waals surface area contributed by atoms with Gasteiger partial charge in [-0.2, -0.15) is 4.98 Å². The van der Waals surface area contributed by atoms with Gasteiger partial charge < -0.3 is 19.2 Å². The summed E-state index contributed by atoms with van der Waals surface area (Å²) >= 11 is 0. The Morgan fingerprint density at radius 3 is 2.58 bits per heavy atom. The zero-order valence-corrected chi connectivity index (χ0v) is 17.4. The van der Waals surface area contributed by atoms with Crippen molar-refractivity contribution in [2.75, 3.05) is 32.7 Å². The van der Waals surface area contributed by atoms with Gasteiger partial charge in [0.25, 0.3) is 5.91 Å². The highest BCUT2D eigenvalue weighted by Crippen LogP contribution is 2.23. The van der Waals surface area contributed by atoms with Crippen LogP contribution in [0.15, 0.2) is 57.7 Å². The van der Waals surface area contributed by atoms with Crippen LogP contribution in [-0.4, -0.2) is 64.5 Å². The summed E-state index contributed by atoms with van der Waals surface area (Å²) < 4.78 is 10.5. The van der Waals surface area contributed by atoms with Crippen LogP contribution in [0.25, 0.3) is 11.4 Å². The van der Waals surface area contributed by atoms with E-state index in [0.717, 1.165) is 5.56 Å². The predicted molar refractivity (Wildman–Crippen MR) is 112 cm³/mol. The van der Waals surface area contributed by atoms with Crippen LogP contribution in [-0.2, 0) is 4.79 Å². The maximum absolute atomic E-state index is 12.5. The van der Waals surface area contributed by atoms with Crippen molar-refractivity contribution in [2.45, 2.75) is 19.4 Å². The fourth-order valence-electron chi connectivity index (χ4n) is 3.56. The minimum Gasteiger partial charge on any atom is -0.459 e. The molecule has 1 unspecified atom stereocenters. The van der Waals surface area contributed by atoms with Crippen molar-refractivity contribution < 1.29 is 18.5 Å². The largest absolute Gasteiger partial charge is 0.459 e. The Hall–Kier alpha value is -3.46. The van der Waals surface area contributed by atoms with Gasteiger partial charge in [0.1, 0.15) is 0 Å². The van der Waals surface area contributed by atoms with Crippen LogP contribution < -0.4 is 5.32 Å². The average Bonchev–Trinajstić information content (AvgIpc) is 3.52. The lowest BCUT2D eigenvalue weighted by atomic mass is 10.2. The second kappa shape index (κ2) is 9.57. The maximum atomic E-state index is 12.5. The zero-order chi connectivity index (χ0) is 21.6. The Kier molecular flexibility index (Phi) is 6.42. The van der Waals surface area contributed by atoms with Gasteiger partial charge in [0.15, 0.2) is 5.76 Å². The number of nitrogens with zero attached hydrogens (tertiary/aromatic N) is 4. The van der Waals surface area contributed by atoms with Crippen LogP contribution in [0.5, 0.6) is 0 Å². The smallest absolute Gasteiger partial charge is 0.286 e. The van der Waals surface area contributed by atoms with Gasteiger partial charge in [-0.05, 0) is 19.1 Å². The van der Waals surface area contributed by atoms with E-state index >= 15 is 0 Å². The third-order valence-corrected chi connectivity index (χ3v) is 5.42. The van der Waals surface area contributed by atoms with E-state index in [0.29, 0.717) is 37.9 Å². The molecule has 1 aliphatic rings. The van der Waals surface area contributed by atoms with Crippen molar-refractivity contribution in [3.05, 3.63) is 60.4 Å². The van der Waals surface area contributed by atoms with E-state index in [1.165, 1.54) is 6.26 Å². The van der Waals surface area contributed by atoms with Crippen molar-refractivity contribution in [2.24, 2.45) is 0 Å². The molecular weight excluding hydrogens is 398 g/mol. The van der Waals surface area contributed by atoms with Crippen molar-refractivity contribution in [3.63, 3.8) is 0 Å². The van der Waals surface area contributed by atoms with Gasteiger partial charge in [-0.3, -0.25) is 14.5 Å². The van der Waals surface area contributed by atoms with Gasteiger partial charge in [0, 0.05) is 44.7 Å². The highest BCUT2D eigenvalue weighted by Gasteiger charge is 2.27. The Bertz CT molecular complexity index is 994. The summed E-state index contributed by atoms with van der Waals surface area (Å²) in [5.74, 6) is 1.10. The molecule has 3 heterocycles. The van der Waals surface area contributed by atoms with Crippen LogP contribution in [0.3, 0.4) is 0 Å². The van der Waals surface area contributed by atoms with E-state index in [1.54, 1.807) is 12.1 Å². The number of hydrogen-bond acceptors (Lipinski definition) is 7. The molecule has 31 heavy (non-hydrogen) atoms. The van der Waals surface area contributed by atoms with Crippen LogP contribution in [0.1, 0.15) is 35.8 Å². The van der Waals surface area contributed by atoms with Crippen molar-refractivity contribution in [1.82, 2.24) is 25.3 Å². The number of hydrogen-bond donors (Lipinski definition) is 1. The number of carbonyl (C=O) groups is 2. The monoisotopic (exact) mass is 423 g/mol. The Balaban J connectivity index is 1.23. The van der Waals surface area contributed by atoms with Gasteiger partial charge in [-0.1, -0.05) is 35.5 Å². The number of rotatable bonds is 7. The van der Waals surface area contributed by atoms with Gasteiger partial charge in [0.2, 0.25) is 17.6 Å². The van der Waals surface area contributed by atoms with E-state index in [4.69, 9.17) is 8.94 Å². The summed E-state index contributed by atoms with van der Waals surface area (Å²) in [6.45, 7) is 4.98. The van der Waals surface area contributed by atoms with E-state index in [9.17, 15) is 9.59 Å². The molecular formula is C22H25N5O4. The number of amides is 2. The van der Waals surface area contributed by atoms with Crippen LogP contribution >= 0.6 is 0 Å². The maximum Gasteiger partial charge on any atom is 0.286 e. The summed E-state index contributed by atoms with van der Waals surface area (Å²) in [4.78, 5) is 32.9. The lowest BCUT2D eigenvalue weighted by molar-refractivity contribution is -0.133. The molecule has 162 valence electrons. The first kappa shape index (κ1) is 20.8. The molecule has 1 atom stereocenters. The SMILES string of the molecule is CC(c1nc(-c2ccccc2)no1)N1CCN(C(=O)CCNC(=O)c2ccco2)CC1. The first-order valence-corrected chi connectivity index (χ1v) is 10.3. The minimum atomic E-state index is -0.314. The molecule has 1 aromatic carbocycles. The van der Waals surface area contributed by atoms with E-state index in [1.807, 2.05) is 42.2 Å². The molecule has 2 aromatic heterocycles. The number of aromatic nitrogens is 2. The quantitative estimate of drug-likeness (QED) is 0.622. The van der Waals surface area contributed by atoms with E-state index in [-0.39, 0.29) is 36.6 Å². The van der Waals surface area contributed by atoms with Gasteiger partial charge >= 0.3 is 0 Å². The molecule has 0 radical (unpaired) electrons. The molecule has 1 N–H and O–H groups in total. The zero-order valence-electron chi connectivity index (χ0n) is 17.4. The fourth-order valence-corrected chi connectivity index (χ4v) is 3.56. The lowest BCUT2D eigenvalue weighted by Crippen LogP contribution is -2.49. The third kappa shape index (κ3) is 5.00. The summed E-state index contributed by atoms with van der Waals surface area (Å²) in [6.07, 6.45) is 1.70. The van der Waals surface area contributed by atoms with Crippen molar-refractivity contribution in [1.29, 1.82) is 0 Å². The summed E-state index contributed by atoms with van der Waals surface area (Å²) in [5.41, 5.74) is 0.916. The van der Waals surface area contributed by atoms with Crippen LogP contribution in [0, 0.1) is 0 Å². The van der Waals surface area contributed by atoms with Crippen molar-refractivity contribution in [3.8, 4) is 11.4 Å². The molecule has 0 saturated carbocycles. The topological polar surface area (TPSA) is 105 Å². The molecule has 9 nitrogen and oxygen atoms in total. The summed E-state index contributed by atoms with van der Waals surface area (Å²) in [7, 11) is 0. The predicted octanol–water partition coefficient (Wildman–Crippen LogP) is 2.35. The number of furan rings is 1. The normalized spacial score (nSPS) is 15.6. The molecule has 3 aromatic rings. The molecule has 2 amide bonds. The molecule has 1 saturated heterocycles. The van der Waals surface area contributed by atoms with Crippen molar-refractivity contribution >= 4 is 11.8 Å². The van der Waals surface area contributed by atoms with Gasteiger partial charge in [-0.15, -0.1) is 0 Å². The van der Waals surface area contributed by atoms with Gasteiger partial charge in [-0.25, -0.2) is 0 Å². The first-order chi connectivity index (χ1) is 15.1. The highest BCUT2D eigenvalue weighted by molar-refractivity contribution is 5.91.